The van der Waals surface area contributed by atoms with Crippen molar-refractivity contribution < 1.29 is 9.53 Å². The van der Waals surface area contributed by atoms with Gasteiger partial charge < -0.3 is 15.0 Å². The minimum absolute atomic E-state index is 0.0502. The highest BCUT2D eigenvalue weighted by molar-refractivity contribution is 6.31. The van der Waals surface area contributed by atoms with Gasteiger partial charge in [0.1, 0.15) is 0 Å². The Morgan fingerprint density at radius 2 is 2.33 bits per heavy atom. The molecule has 1 atom stereocenters. The summed E-state index contributed by atoms with van der Waals surface area (Å²) in [6.07, 6.45) is 2.14. The van der Waals surface area contributed by atoms with Crippen LogP contribution in [-0.2, 0) is 4.74 Å². The molecular weight excluding hydrogens is 288 g/mol. The van der Waals surface area contributed by atoms with Gasteiger partial charge in [0.15, 0.2) is 0 Å². The average Bonchev–Trinajstić information content (AvgIpc) is 2.49. The summed E-state index contributed by atoms with van der Waals surface area (Å²) in [5.41, 5.74) is 1.50. The molecule has 0 aliphatic carbocycles. The first-order valence-corrected chi connectivity index (χ1v) is 7.85. The first-order chi connectivity index (χ1) is 10.2. The Labute approximate surface area is 131 Å². The Kier molecular flexibility index (Phi) is 5.88. The van der Waals surface area contributed by atoms with Gasteiger partial charge in [-0.05, 0) is 43.9 Å². The molecule has 116 valence electrons. The molecule has 1 heterocycles. The lowest BCUT2D eigenvalue weighted by Gasteiger charge is -2.33. The first kappa shape index (κ1) is 16.1. The van der Waals surface area contributed by atoms with Gasteiger partial charge in [0.2, 0.25) is 0 Å². The molecule has 1 aliphatic heterocycles. The summed E-state index contributed by atoms with van der Waals surface area (Å²) >= 11 is 6.06. The summed E-state index contributed by atoms with van der Waals surface area (Å²) in [4.78, 5) is 14.7. The van der Waals surface area contributed by atoms with E-state index < -0.39 is 0 Å². The zero-order valence-electron chi connectivity index (χ0n) is 12.7. The standard InChI is InChI=1S/C16H23ClN2O2/c1-3-18-15-7-6-13(17)9-14(15)16(20)19-8-4-5-12(10-19)11-21-2/h6-7,9,12,18H,3-5,8,10-11H2,1-2H3. The fraction of sp³-hybridized carbons (Fsp3) is 0.562. The van der Waals surface area contributed by atoms with E-state index in [4.69, 9.17) is 16.3 Å². The zero-order chi connectivity index (χ0) is 15.2. The number of carbonyl (C=O) groups excluding carboxylic acids is 1. The molecule has 0 bridgehead atoms. The van der Waals surface area contributed by atoms with E-state index in [2.05, 4.69) is 5.32 Å². The maximum atomic E-state index is 12.8. The van der Waals surface area contributed by atoms with E-state index >= 15 is 0 Å². The molecule has 1 aromatic carbocycles. The molecule has 1 amide bonds. The summed E-state index contributed by atoms with van der Waals surface area (Å²) in [5, 5.41) is 3.82. The highest BCUT2D eigenvalue weighted by Gasteiger charge is 2.25. The summed E-state index contributed by atoms with van der Waals surface area (Å²) in [6, 6.07) is 5.43. The highest BCUT2D eigenvalue weighted by Crippen LogP contribution is 2.25. The molecule has 5 heteroatoms. The molecule has 1 aromatic rings. The van der Waals surface area contributed by atoms with E-state index in [1.807, 2.05) is 17.9 Å². The summed E-state index contributed by atoms with van der Waals surface area (Å²) < 4.78 is 5.23. The second-order valence-electron chi connectivity index (χ2n) is 5.43. The molecule has 0 spiro atoms. The molecule has 1 aliphatic rings. The van der Waals surface area contributed by atoms with E-state index in [0.717, 1.165) is 38.2 Å². The number of rotatable bonds is 5. The van der Waals surface area contributed by atoms with Crippen LogP contribution in [0, 0.1) is 5.92 Å². The van der Waals surface area contributed by atoms with Crippen LogP contribution in [0.5, 0.6) is 0 Å². The predicted octanol–water partition coefficient (Wildman–Crippen LogP) is 3.27. The summed E-state index contributed by atoms with van der Waals surface area (Å²) in [5.74, 6) is 0.476. The molecule has 0 aromatic heterocycles. The maximum Gasteiger partial charge on any atom is 0.256 e. The van der Waals surface area contributed by atoms with E-state index in [9.17, 15) is 4.79 Å². The number of methoxy groups -OCH3 is 1. The van der Waals surface area contributed by atoms with Gasteiger partial charge in [-0.25, -0.2) is 0 Å². The topological polar surface area (TPSA) is 41.6 Å². The molecule has 1 N–H and O–H groups in total. The monoisotopic (exact) mass is 310 g/mol. The first-order valence-electron chi connectivity index (χ1n) is 7.47. The number of halogens is 1. The maximum absolute atomic E-state index is 12.8. The van der Waals surface area contributed by atoms with Gasteiger partial charge in [0.05, 0.1) is 12.2 Å². The molecule has 0 radical (unpaired) electrons. The number of hydrogen-bond acceptors (Lipinski definition) is 3. The molecule has 0 saturated carbocycles. The van der Waals surface area contributed by atoms with Crippen LogP contribution in [0.4, 0.5) is 5.69 Å². The van der Waals surface area contributed by atoms with Crippen LogP contribution in [0.15, 0.2) is 18.2 Å². The van der Waals surface area contributed by atoms with Crippen molar-refractivity contribution in [2.75, 3.05) is 38.7 Å². The lowest BCUT2D eigenvalue weighted by Crippen LogP contribution is -2.41. The molecule has 1 unspecified atom stereocenters. The van der Waals surface area contributed by atoms with Gasteiger partial charge in [0, 0.05) is 37.5 Å². The van der Waals surface area contributed by atoms with Crippen molar-refractivity contribution in [1.29, 1.82) is 0 Å². The summed E-state index contributed by atoms with van der Waals surface area (Å²) in [6.45, 7) is 5.05. The second kappa shape index (κ2) is 7.66. The smallest absolute Gasteiger partial charge is 0.256 e. The SMILES string of the molecule is CCNc1ccc(Cl)cc1C(=O)N1CCCC(COC)C1. The van der Waals surface area contributed by atoms with Gasteiger partial charge in [-0.2, -0.15) is 0 Å². The Bertz CT molecular complexity index is 491. The van der Waals surface area contributed by atoms with Crippen molar-refractivity contribution in [2.24, 2.45) is 5.92 Å². The number of nitrogens with one attached hydrogen (secondary N) is 1. The summed E-state index contributed by atoms with van der Waals surface area (Å²) in [7, 11) is 1.71. The number of ether oxygens (including phenoxy) is 1. The number of anilines is 1. The lowest BCUT2D eigenvalue weighted by molar-refractivity contribution is 0.0572. The van der Waals surface area contributed by atoms with Crippen molar-refractivity contribution in [3.8, 4) is 0 Å². The van der Waals surface area contributed by atoms with Crippen molar-refractivity contribution in [1.82, 2.24) is 4.90 Å². The molecule has 4 nitrogen and oxygen atoms in total. The number of carbonyl (C=O) groups is 1. The number of benzene rings is 1. The van der Waals surface area contributed by atoms with Crippen LogP contribution in [0.1, 0.15) is 30.1 Å². The van der Waals surface area contributed by atoms with E-state index in [-0.39, 0.29) is 5.91 Å². The predicted molar refractivity (Wildman–Crippen MR) is 86.1 cm³/mol. The minimum atomic E-state index is 0.0502. The normalized spacial score (nSPS) is 18.6. The van der Waals surface area contributed by atoms with Crippen molar-refractivity contribution >= 4 is 23.2 Å². The Balaban J connectivity index is 2.16. The van der Waals surface area contributed by atoms with Gasteiger partial charge in [-0.3, -0.25) is 4.79 Å². The molecule has 1 saturated heterocycles. The third kappa shape index (κ3) is 4.11. The molecule has 1 fully saturated rings. The third-order valence-electron chi connectivity index (χ3n) is 3.79. The Morgan fingerprint density at radius 1 is 1.52 bits per heavy atom. The van der Waals surface area contributed by atoms with Crippen LogP contribution in [0.3, 0.4) is 0 Å². The number of amides is 1. The van der Waals surface area contributed by atoms with Crippen LogP contribution >= 0.6 is 11.6 Å². The lowest BCUT2D eigenvalue weighted by atomic mass is 9.98. The molecular formula is C16H23ClN2O2. The number of piperidine rings is 1. The molecule has 2 rings (SSSR count). The van der Waals surface area contributed by atoms with E-state index in [1.54, 1.807) is 19.2 Å². The van der Waals surface area contributed by atoms with Crippen LogP contribution in [0.25, 0.3) is 0 Å². The quantitative estimate of drug-likeness (QED) is 0.907. The third-order valence-corrected chi connectivity index (χ3v) is 4.02. The molecule has 21 heavy (non-hydrogen) atoms. The van der Waals surface area contributed by atoms with Gasteiger partial charge in [-0.1, -0.05) is 11.6 Å². The Hall–Kier alpha value is -1.26. The second-order valence-corrected chi connectivity index (χ2v) is 5.87. The van der Waals surface area contributed by atoms with Crippen LogP contribution in [-0.4, -0.2) is 44.2 Å². The van der Waals surface area contributed by atoms with Gasteiger partial charge in [0.25, 0.3) is 5.91 Å². The fourth-order valence-corrected chi connectivity index (χ4v) is 3.00. The number of hydrogen-bond donors (Lipinski definition) is 1. The van der Waals surface area contributed by atoms with Crippen molar-refractivity contribution in [2.45, 2.75) is 19.8 Å². The Morgan fingerprint density at radius 3 is 3.05 bits per heavy atom. The van der Waals surface area contributed by atoms with E-state index in [0.29, 0.717) is 23.1 Å². The van der Waals surface area contributed by atoms with E-state index in [1.165, 1.54) is 0 Å². The van der Waals surface area contributed by atoms with Crippen LogP contribution in [0.2, 0.25) is 5.02 Å². The van der Waals surface area contributed by atoms with Gasteiger partial charge in [-0.15, -0.1) is 0 Å². The van der Waals surface area contributed by atoms with Crippen molar-refractivity contribution in [3.05, 3.63) is 28.8 Å². The number of likely N-dealkylation sites (tertiary alicyclic amines) is 1. The zero-order valence-corrected chi connectivity index (χ0v) is 13.4. The van der Waals surface area contributed by atoms with Crippen molar-refractivity contribution in [3.63, 3.8) is 0 Å². The van der Waals surface area contributed by atoms with Gasteiger partial charge >= 0.3 is 0 Å². The number of nitrogens with zero attached hydrogens (tertiary/aromatic N) is 1. The largest absolute Gasteiger partial charge is 0.385 e. The fourth-order valence-electron chi connectivity index (χ4n) is 2.83. The highest BCUT2D eigenvalue weighted by atomic mass is 35.5. The average molecular weight is 311 g/mol. The van der Waals surface area contributed by atoms with Crippen LogP contribution < -0.4 is 5.32 Å². The minimum Gasteiger partial charge on any atom is -0.385 e.